The van der Waals surface area contributed by atoms with Gasteiger partial charge in [0.1, 0.15) is 5.82 Å². The van der Waals surface area contributed by atoms with Crippen molar-refractivity contribution in [1.82, 2.24) is 15.3 Å². The van der Waals surface area contributed by atoms with Crippen LogP contribution in [-0.4, -0.2) is 28.8 Å². The summed E-state index contributed by atoms with van der Waals surface area (Å²) in [7, 11) is 1.97. The molecule has 1 aromatic heterocycles. The summed E-state index contributed by atoms with van der Waals surface area (Å²) in [6.45, 7) is 9.64. The van der Waals surface area contributed by atoms with Crippen LogP contribution in [0.3, 0.4) is 0 Å². The first-order valence-corrected chi connectivity index (χ1v) is 7.72. The molecule has 0 aliphatic carbocycles. The highest BCUT2D eigenvalue weighted by molar-refractivity contribution is 7.99. The molecule has 1 unspecified atom stereocenters. The normalized spacial score (nSPS) is 12.7. The number of thioether (sulfide) groups is 1. The fraction of sp³-hybridized carbons (Fsp3) is 0.714. The Kier molecular flexibility index (Phi) is 6.65. The van der Waals surface area contributed by atoms with Crippen LogP contribution in [0.1, 0.15) is 43.0 Å². The summed E-state index contributed by atoms with van der Waals surface area (Å²) in [5, 5.41) is 3.85. The average molecular weight is 267 g/mol. The number of nitrogens with one attached hydrogen (secondary N) is 1. The second kappa shape index (κ2) is 7.74. The topological polar surface area (TPSA) is 37.8 Å². The first-order chi connectivity index (χ1) is 8.58. The second-order valence-electron chi connectivity index (χ2n) is 4.67. The predicted molar refractivity (Wildman–Crippen MR) is 80.2 cm³/mol. The van der Waals surface area contributed by atoms with E-state index in [0.717, 1.165) is 35.9 Å². The zero-order valence-electron chi connectivity index (χ0n) is 12.2. The van der Waals surface area contributed by atoms with Crippen molar-refractivity contribution in [3.8, 4) is 0 Å². The number of aromatic nitrogens is 2. The molecule has 0 amide bonds. The Bertz CT molecular complexity index is 356. The monoisotopic (exact) mass is 267 g/mol. The lowest BCUT2D eigenvalue weighted by Crippen LogP contribution is -2.14. The molecule has 1 rings (SSSR count). The van der Waals surface area contributed by atoms with Crippen molar-refractivity contribution in [3.05, 3.63) is 22.8 Å². The number of likely N-dealkylation sites (N-methyl/N-ethyl adjacent to an activating group) is 1. The van der Waals surface area contributed by atoms with Crippen LogP contribution in [0.15, 0.2) is 0 Å². The van der Waals surface area contributed by atoms with Gasteiger partial charge in [-0.2, -0.15) is 11.8 Å². The molecule has 0 aromatic carbocycles. The van der Waals surface area contributed by atoms with Gasteiger partial charge in [0, 0.05) is 16.6 Å². The van der Waals surface area contributed by atoms with Crippen LogP contribution in [0.5, 0.6) is 0 Å². The Labute approximate surface area is 115 Å². The molecule has 3 nitrogen and oxygen atoms in total. The van der Waals surface area contributed by atoms with Crippen molar-refractivity contribution in [3.63, 3.8) is 0 Å². The number of nitrogens with zero attached hydrogens (tertiary/aromatic N) is 2. The standard InChI is InChI=1S/C14H25N3S/c1-6-10(2)18-9-14-16-11(3)13(7-8-15-5)12(4)17-14/h10,15H,6-9H2,1-5H3. The zero-order valence-corrected chi connectivity index (χ0v) is 13.0. The van der Waals surface area contributed by atoms with Crippen molar-refractivity contribution in [1.29, 1.82) is 0 Å². The van der Waals surface area contributed by atoms with E-state index in [0.29, 0.717) is 5.25 Å². The Morgan fingerprint density at radius 2 is 1.83 bits per heavy atom. The van der Waals surface area contributed by atoms with Gasteiger partial charge < -0.3 is 5.32 Å². The van der Waals surface area contributed by atoms with Crippen molar-refractivity contribution in [2.24, 2.45) is 0 Å². The molecular formula is C14H25N3S. The molecule has 1 atom stereocenters. The van der Waals surface area contributed by atoms with E-state index in [1.54, 1.807) is 0 Å². The van der Waals surface area contributed by atoms with Crippen LogP contribution in [0.25, 0.3) is 0 Å². The molecule has 4 heteroatoms. The zero-order chi connectivity index (χ0) is 13.5. The molecule has 0 saturated heterocycles. The lowest BCUT2D eigenvalue weighted by Gasteiger charge is -2.12. The lowest BCUT2D eigenvalue weighted by molar-refractivity contribution is 0.768. The molecule has 1 heterocycles. The van der Waals surface area contributed by atoms with Crippen LogP contribution in [0, 0.1) is 13.8 Å². The van der Waals surface area contributed by atoms with E-state index in [9.17, 15) is 0 Å². The summed E-state index contributed by atoms with van der Waals surface area (Å²) in [5.74, 6) is 1.90. The predicted octanol–water partition coefficient (Wildman–Crippen LogP) is 2.89. The van der Waals surface area contributed by atoms with E-state index < -0.39 is 0 Å². The third kappa shape index (κ3) is 4.58. The first-order valence-electron chi connectivity index (χ1n) is 6.67. The van der Waals surface area contributed by atoms with Crippen molar-refractivity contribution >= 4 is 11.8 Å². The Hall–Kier alpha value is -0.610. The van der Waals surface area contributed by atoms with Gasteiger partial charge in [-0.1, -0.05) is 13.8 Å². The Morgan fingerprint density at radius 1 is 1.22 bits per heavy atom. The maximum atomic E-state index is 4.63. The highest BCUT2D eigenvalue weighted by Gasteiger charge is 2.09. The molecule has 0 radical (unpaired) electrons. The minimum atomic E-state index is 0.679. The maximum absolute atomic E-state index is 4.63. The van der Waals surface area contributed by atoms with E-state index in [2.05, 4.69) is 43.0 Å². The molecule has 1 N–H and O–H groups in total. The van der Waals surface area contributed by atoms with E-state index in [1.807, 2.05) is 18.8 Å². The molecule has 0 spiro atoms. The SMILES string of the molecule is CCC(C)SCc1nc(C)c(CCNC)c(C)n1. The minimum absolute atomic E-state index is 0.679. The van der Waals surface area contributed by atoms with E-state index in [1.165, 1.54) is 12.0 Å². The first kappa shape index (κ1) is 15.4. The summed E-state index contributed by atoms with van der Waals surface area (Å²) < 4.78 is 0. The molecule has 0 aliphatic heterocycles. The second-order valence-corrected chi connectivity index (χ2v) is 6.10. The highest BCUT2D eigenvalue weighted by Crippen LogP contribution is 2.19. The lowest BCUT2D eigenvalue weighted by atomic mass is 10.1. The van der Waals surface area contributed by atoms with Crippen LogP contribution in [0.2, 0.25) is 0 Å². The summed E-state index contributed by atoms with van der Waals surface area (Å²) in [6.07, 6.45) is 2.20. The number of hydrogen-bond acceptors (Lipinski definition) is 4. The van der Waals surface area contributed by atoms with Crippen molar-refractivity contribution in [2.75, 3.05) is 13.6 Å². The third-order valence-corrected chi connectivity index (χ3v) is 4.49. The Morgan fingerprint density at radius 3 is 2.33 bits per heavy atom. The number of hydrogen-bond donors (Lipinski definition) is 1. The van der Waals surface area contributed by atoms with Crippen LogP contribution in [0.4, 0.5) is 0 Å². The van der Waals surface area contributed by atoms with Crippen molar-refractivity contribution < 1.29 is 0 Å². The van der Waals surface area contributed by atoms with Crippen LogP contribution >= 0.6 is 11.8 Å². The van der Waals surface area contributed by atoms with Gasteiger partial charge in [0.05, 0.1) is 5.75 Å². The van der Waals surface area contributed by atoms with E-state index in [-0.39, 0.29) is 0 Å². The van der Waals surface area contributed by atoms with Gasteiger partial charge in [0.25, 0.3) is 0 Å². The quantitative estimate of drug-likeness (QED) is 0.824. The molecule has 0 saturated carbocycles. The number of aryl methyl sites for hydroxylation is 2. The van der Waals surface area contributed by atoms with Gasteiger partial charge in [0.15, 0.2) is 0 Å². The molecule has 1 aromatic rings. The third-order valence-electron chi connectivity index (χ3n) is 3.16. The van der Waals surface area contributed by atoms with Crippen LogP contribution < -0.4 is 5.32 Å². The maximum Gasteiger partial charge on any atom is 0.138 e. The summed E-state index contributed by atoms with van der Waals surface area (Å²) >= 11 is 1.93. The average Bonchev–Trinajstić information content (AvgIpc) is 2.35. The summed E-state index contributed by atoms with van der Waals surface area (Å²) in [6, 6.07) is 0. The van der Waals surface area contributed by atoms with Gasteiger partial charge in [-0.15, -0.1) is 0 Å². The fourth-order valence-electron chi connectivity index (χ4n) is 1.82. The van der Waals surface area contributed by atoms with Gasteiger partial charge in [-0.3, -0.25) is 0 Å². The molecule has 102 valence electrons. The molecule has 18 heavy (non-hydrogen) atoms. The molecular weight excluding hydrogens is 242 g/mol. The largest absolute Gasteiger partial charge is 0.319 e. The van der Waals surface area contributed by atoms with Gasteiger partial charge in [-0.25, -0.2) is 9.97 Å². The van der Waals surface area contributed by atoms with E-state index >= 15 is 0 Å². The van der Waals surface area contributed by atoms with Crippen molar-refractivity contribution in [2.45, 2.75) is 51.5 Å². The highest BCUT2D eigenvalue weighted by atomic mass is 32.2. The van der Waals surface area contributed by atoms with Crippen LogP contribution in [-0.2, 0) is 12.2 Å². The molecule has 0 bridgehead atoms. The number of rotatable bonds is 7. The van der Waals surface area contributed by atoms with Gasteiger partial charge in [-0.05, 0) is 45.8 Å². The van der Waals surface area contributed by atoms with Gasteiger partial charge in [0.2, 0.25) is 0 Å². The smallest absolute Gasteiger partial charge is 0.138 e. The fourth-order valence-corrected chi connectivity index (χ4v) is 2.62. The molecule has 0 fully saturated rings. The summed E-state index contributed by atoms with van der Waals surface area (Å²) in [4.78, 5) is 9.27. The van der Waals surface area contributed by atoms with E-state index in [4.69, 9.17) is 0 Å². The Balaban J connectivity index is 2.73. The van der Waals surface area contributed by atoms with Gasteiger partial charge >= 0.3 is 0 Å². The minimum Gasteiger partial charge on any atom is -0.319 e. The molecule has 0 aliphatic rings. The summed E-state index contributed by atoms with van der Waals surface area (Å²) in [5.41, 5.74) is 3.57.